The number of likely N-dealkylation sites (tertiary alicyclic amines) is 1. The highest BCUT2D eigenvalue weighted by Crippen LogP contribution is 2.36. The summed E-state index contributed by atoms with van der Waals surface area (Å²) in [5.74, 6) is 1.39. The molecule has 88 valence electrons. The molecule has 0 N–H and O–H groups in total. The van der Waals surface area contributed by atoms with Gasteiger partial charge >= 0.3 is 0 Å². The third-order valence-corrected chi connectivity index (χ3v) is 3.87. The molecule has 1 aromatic rings. The molecule has 0 saturated carbocycles. The molecule has 0 radical (unpaired) electrons. The molecule has 0 unspecified atom stereocenters. The Morgan fingerprint density at radius 1 is 1.12 bits per heavy atom. The van der Waals surface area contributed by atoms with E-state index in [1.54, 1.807) is 0 Å². The smallest absolute Gasteiger partial charge is 0.0379 e. The van der Waals surface area contributed by atoms with Crippen LogP contribution in [0, 0.1) is 0 Å². The van der Waals surface area contributed by atoms with Gasteiger partial charge in [-0.25, -0.2) is 0 Å². The van der Waals surface area contributed by atoms with Crippen molar-refractivity contribution in [1.82, 2.24) is 4.90 Å². The normalized spacial score (nSPS) is 26.1. The number of hydrogen-bond acceptors (Lipinski definition) is 1. The number of alkyl halides is 2. The second kappa shape index (κ2) is 5.90. The van der Waals surface area contributed by atoms with Gasteiger partial charge in [-0.15, -0.1) is 23.2 Å². The lowest BCUT2D eigenvalue weighted by molar-refractivity contribution is 0.219. The van der Waals surface area contributed by atoms with E-state index in [0.29, 0.717) is 23.8 Å². The molecule has 1 fully saturated rings. The van der Waals surface area contributed by atoms with E-state index in [2.05, 4.69) is 35.2 Å². The van der Waals surface area contributed by atoms with Crippen molar-refractivity contribution in [3.8, 4) is 0 Å². The molecule has 0 amide bonds. The van der Waals surface area contributed by atoms with Gasteiger partial charge in [-0.3, -0.25) is 4.90 Å². The standard InChI is InChI=1S/C13H17Cl2N/c14-8-9-16-12(10-15)6-7-13(16)11-4-2-1-3-5-11/h1-5,12-13H,6-10H2/t12-,13+/m1/s1. The molecule has 1 aromatic carbocycles. The van der Waals surface area contributed by atoms with E-state index in [9.17, 15) is 0 Å². The Kier molecular flexibility index (Phi) is 4.51. The van der Waals surface area contributed by atoms with Gasteiger partial charge in [0.15, 0.2) is 0 Å². The molecule has 2 rings (SSSR count). The lowest BCUT2D eigenvalue weighted by Gasteiger charge is -2.28. The fourth-order valence-corrected chi connectivity index (χ4v) is 3.10. The zero-order valence-corrected chi connectivity index (χ0v) is 10.8. The van der Waals surface area contributed by atoms with Crippen molar-refractivity contribution in [2.75, 3.05) is 18.3 Å². The van der Waals surface area contributed by atoms with Crippen molar-refractivity contribution in [3.63, 3.8) is 0 Å². The van der Waals surface area contributed by atoms with Gasteiger partial charge in [0.1, 0.15) is 0 Å². The summed E-state index contributed by atoms with van der Waals surface area (Å²) in [5, 5.41) is 0. The van der Waals surface area contributed by atoms with Crippen LogP contribution in [0.3, 0.4) is 0 Å². The molecule has 0 aliphatic carbocycles. The van der Waals surface area contributed by atoms with Gasteiger partial charge in [-0.1, -0.05) is 30.3 Å². The van der Waals surface area contributed by atoms with Crippen LogP contribution in [0.15, 0.2) is 30.3 Å². The molecule has 0 bridgehead atoms. The monoisotopic (exact) mass is 257 g/mol. The Hall–Kier alpha value is -0.240. The molecule has 0 aromatic heterocycles. The van der Waals surface area contributed by atoms with Crippen LogP contribution in [0.1, 0.15) is 24.4 Å². The molecular weight excluding hydrogens is 241 g/mol. The fraction of sp³-hybridized carbons (Fsp3) is 0.538. The summed E-state index contributed by atoms with van der Waals surface area (Å²) in [6.45, 7) is 0.929. The topological polar surface area (TPSA) is 3.24 Å². The summed E-state index contributed by atoms with van der Waals surface area (Å²) in [6.07, 6.45) is 2.37. The molecule has 1 saturated heterocycles. The van der Waals surface area contributed by atoms with Gasteiger partial charge < -0.3 is 0 Å². The number of nitrogens with zero attached hydrogens (tertiary/aromatic N) is 1. The number of rotatable bonds is 4. The van der Waals surface area contributed by atoms with E-state index < -0.39 is 0 Å². The minimum atomic E-state index is 0.491. The Morgan fingerprint density at radius 3 is 2.50 bits per heavy atom. The van der Waals surface area contributed by atoms with Crippen molar-refractivity contribution in [1.29, 1.82) is 0 Å². The highest BCUT2D eigenvalue weighted by molar-refractivity contribution is 6.18. The van der Waals surface area contributed by atoms with Gasteiger partial charge in [0.25, 0.3) is 0 Å². The average Bonchev–Trinajstić information content (AvgIpc) is 2.74. The summed E-state index contributed by atoms with van der Waals surface area (Å²) in [4.78, 5) is 2.45. The summed E-state index contributed by atoms with van der Waals surface area (Å²) in [7, 11) is 0. The van der Waals surface area contributed by atoms with E-state index in [0.717, 1.165) is 6.54 Å². The maximum absolute atomic E-state index is 6.01. The summed E-state index contributed by atoms with van der Waals surface area (Å²) in [5.41, 5.74) is 1.39. The molecular formula is C13H17Cl2N. The summed E-state index contributed by atoms with van der Waals surface area (Å²) < 4.78 is 0. The van der Waals surface area contributed by atoms with E-state index in [1.165, 1.54) is 18.4 Å². The first-order valence-corrected chi connectivity index (χ1v) is 6.86. The largest absolute Gasteiger partial charge is 0.291 e. The molecule has 1 aliphatic rings. The minimum absolute atomic E-state index is 0.491. The van der Waals surface area contributed by atoms with Crippen LogP contribution in [0.2, 0.25) is 0 Å². The van der Waals surface area contributed by atoms with Crippen LogP contribution in [-0.2, 0) is 0 Å². The Balaban J connectivity index is 2.15. The second-order valence-electron chi connectivity index (χ2n) is 4.24. The molecule has 0 spiro atoms. The van der Waals surface area contributed by atoms with Gasteiger partial charge in [0, 0.05) is 30.4 Å². The molecule has 1 nitrogen and oxygen atoms in total. The van der Waals surface area contributed by atoms with Crippen molar-refractivity contribution in [3.05, 3.63) is 35.9 Å². The highest BCUT2D eigenvalue weighted by atomic mass is 35.5. The third-order valence-electron chi connectivity index (χ3n) is 3.35. The van der Waals surface area contributed by atoms with E-state index in [-0.39, 0.29) is 0 Å². The predicted molar refractivity (Wildman–Crippen MR) is 70.4 cm³/mol. The quantitative estimate of drug-likeness (QED) is 0.745. The Labute approximate surface area is 107 Å². The second-order valence-corrected chi connectivity index (χ2v) is 4.93. The van der Waals surface area contributed by atoms with Crippen LogP contribution in [0.25, 0.3) is 0 Å². The third kappa shape index (κ3) is 2.53. The van der Waals surface area contributed by atoms with Crippen LogP contribution in [0.4, 0.5) is 0 Å². The number of hydrogen-bond donors (Lipinski definition) is 0. The number of halogens is 2. The minimum Gasteiger partial charge on any atom is -0.291 e. The van der Waals surface area contributed by atoms with Gasteiger partial charge in [0.05, 0.1) is 0 Å². The molecule has 3 heteroatoms. The first-order chi connectivity index (χ1) is 7.86. The van der Waals surface area contributed by atoms with E-state index in [4.69, 9.17) is 23.2 Å². The van der Waals surface area contributed by atoms with Crippen LogP contribution in [-0.4, -0.2) is 29.2 Å². The average molecular weight is 258 g/mol. The van der Waals surface area contributed by atoms with Crippen molar-refractivity contribution in [2.24, 2.45) is 0 Å². The lowest BCUT2D eigenvalue weighted by atomic mass is 10.0. The maximum Gasteiger partial charge on any atom is 0.0379 e. The van der Waals surface area contributed by atoms with E-state index >= 15 is 0 Å². The first kappa shape index (κ1) is 12.2. The van der Waals surface area contributed by atoms with Crippen molar-refractivity contribution < 1.29 is 0 Å². The van der Waals surface area contributed by atoms with Crippen LogP contribution in [0.5, 0.6) is 0 Å². The molecule has 16 heavy (non-hydrogen) atoms. The maximum atomic E-state index is 6.01. The Morgan fingerprint density at radius 2 is 1.88 bits per heavy atom. The summed E-state index contributed by atoms with van der Waals surface area (Å²) in [6, 6.07) is 11.6. The van der Waals surface area contributed by atoms with E-state index in [1.807, 2.05) is 0 Å². The fourth-order valence-electron chi connectivity index (χ4n) is 2.57. The lowest BCUT2D eigenvalue weighted by Crippen LogP contribution is -2.34. The summed E-state index contributed by atoms with van der Waals surface area (Å²) >= 11 is 11.9. The van der Waals surface area contributed by atoms with Gasteiger partial charge in [0.2, 0.25) is 0 Å². The molecule has 1 heterocycles. The van der Waals surface area contributed by atoms with Crippen molar-refractivity contribution >= 4 is 23.2 Å². The van der Waals surface area contributed by atoms with Crippen LogP contribution >= 0.6 is 23.2 Å². The predicted octanol–water partition coefficient (Wildman–Crippen LogP) is 3.67. The molecule has 2 atom stereocenters. The number of benzene rings is 1. The molecule has 1 aliphatic heterocycles. The van der Waals surface area contributed by atoms with Crippen LogP contribution < -0.4 is 0 Å². The highest BCUT2D eigenvalue weighted by Gasteiger charge is 2.32. The zero-order chi connectivity index (χ0) is 11.4. The zero-order valence-electron chi connectivity index (χ0n) is 9.28. The van der Waals surface area contributed by atoms with Gasteiger partial charge in [-0.2, -0.15) is 0 Å². The first-order valence-electron chi connectivity index (χ1n) is 5.79. The Bertz CT molecular complexity index is 315. The van der Waals surface area contributed by atoms with Crippen molar-refractivity contribution in [2.45, 2.75) is 24.9 Å². The van der Waals surface area contributed by atoms with Gasteiger partial charge in [-0.05, 0) is 18.4 Å². The SMILES string of the molecule is ClCCN1[C@@H](CCl)CC[C@H]1c1ccccc1.